The maximum atomic E-state index is 14.2. The van der Waals surface area contributed by atoms with Gasteiger partial charge in [0.05, 0.1) is 0 Å². The van der Waals surface area contributed by atoms with Gasteiger partial charge in [-0.15, -0.1) is 0 Å². The van der Waals surface area contributed by atoms with Gasteiger partial charge in [0.2, 0.25) is 17.6 Å². The van der Waals surface area contributed by atoms with Crippen LogP contribution in [0.25, 0.3) is 22.8 Å². The molecule has 2 amide bonds. The van der Waals surface area contributed by atoms with Crippen LogP contribution in [0.3, 0.4) is 0 Å². The Kier molecular flexibility index (Phi) is 8.07. The number of hydrogen-bond acceptors (Lipinski definition) is 6. The molecule has 8 nitrogen and oxygen atoms in total. The molecule has 0 bridgehead atoms. The number of benzene rings is 3. The van der Waals surface area contributed by atoms with Crippen molar-refractivity contribution in [2.75, 3.05) is 26.2 Å². The Balaban J connectivity index is 1.19. The third kappa shape index (κ3) is 6.56. The Morgan fingerprint density at radius 2 is 1.67 bits per heavy atom. The molecule has 0 saturated carbocycles. The smallest absolute Gasteiger partial charge is 0.258 e. The fourth-order valence-corrected chi connectivity index (χ4v) is 4.78. The minimum absolute atomic E-state index is 0.111. The number of amides is 2. The summed E-state index contributed by atoms with van der Waals surface area (Å²) in [7, 11) is 0. The lowest BCUT2D eigenvalue weighted by Gasteiger charge is -2.36. The van der Waals surface area contributed by atoms with Crippen LogP contribution in [0.1, 0.15) is 18.1 Å². The molecular weight excluding hydrogens is 497 g/mol. The van der Waals surface area contributed by atoms with Crippen molar-refractivity contribution < 1.29 is 18.5 Å². The maximum absolute atomic E-state index is 14.2. The van der Waals surface area contributed by atoms with Gasteiger partial charge in [0.1, 0.15) is 11.9 Å². The number of halogens is 1. The number of piperazine rings is 1. The van der Waals surface area contributed by atoms with E-state index in [1.165, 1.54) is 13.0 Å². The van der Waals surface area contributed by atoms with Gasteiger partial charge < -0.3 is 14.7 Å². The average Bonchev–Trinajstić information content (AvgIpc) is 3.45. The van der Waals surface area contributed by atoms with Gasteiger partial charge in [0, 0.05) is 57.2 Å². The largest absolute Gasteiger partial charge is 0.344 e. The summed E-state index contributed by atoms with van der Waals surface area (Å²) in [4.78, 5) is 33.6. The maximum Gasteiger partial charge on any atom is 0.258 e. The number of hydrogen-bond donors (Lipinski definition) is 1. The van der Waals surface area contributed by atoms with Crippen LogP contribution in [-0.2, 0) is 22.6 Å². The van der Waals surface area contributed by atoms with E-state index in [1.54, 1.807) is 23.1 Å². The molecule has 1 N–H and O–H groups in total. The zero-order chi connectivity index (χ0) is 27.2. The monoisotopic (exact) mass is 527 g/mol. The van der Waals surface area contributed by atoms with Crippen LogP contribution < -0.4 is 5.32 Å². The molecule has 5 rings (SSSR count). The van der Waals surface area contributed by atoms with Crippen molar-refractivity contribution in [1.29, 1.82) is 0 Å². The lowest BCUT2D eigenvalue weighted by molar-refractivity contribution is -0.137. The summed E-state index contributed by atoms with van der Waals surface area (Å²) in [6.07, 6.45) is 0.111. The lowest BCUT2D eigenvalue weighted by atomic mass is 10.0. The highest BCUT2D eigenvalue weighted by Gasteiger charge is 2.29. The molecule has 1 atom stereocenters. The predicted octanol–water partition coefficient (Wildman–Crippen LogP) is 3.93. The number of carbonyl (C=O) groups is 2. The van der Waals surface area contributed by atoms with Crippen molar-refractivity contribution in [2.45, 2.75) is 25.9 Å². The molecule has 200 valence electrons. The van der Waals surface area contributed by atoms with E-state index in [0.29, 0.717) is 50.0 Å². The minimum Gasteiger partial charge on any atom is -0.344 e. The number of nitrogens with zero attached hydrogens (tertiary/aromatic N) is 4. The second-order valence-corrected chi connectivity index (χ2v) is 9.64. The number of aromatic nitrogens is 2. The molecule has 1 aromatic heterocycles. The van der Waals surface area contributed by atoms with E-state index in [2.05, 4.69) is 32.5 Å². The van der Waals surface area contributed by atoms with Gasteiger partial charge in [-0.1, -0.05) is 59.8 Å². The second-order valence-electron chi connectivity index (χ2n) is 9.64. The fourth-order valence-electron chi connectivity index (χ4n) is 4.78. The molecule has 1 aliphatic heterocycles. The fraction of sp³-hybridized carbons (Fsp3) is 0.267. The molecule has 9 heteroatoms. The highest BCUT2D eigenvalue weighted by Crippen LogP contribution is 2.23. The van der Waals surface area contributed by atoms with Crippen LogP contribution in [0.5, 0.6) is 0 Å². The van der Waals surface area contributed by atoms with Crippen molar-refractivity contribution in [2.24, 2.45) is 0 Å². The third-order valence-corrected chi connectivity index (χ3v) is 6.78. The quantitative estimate of drug-likeness (QED) is 0.373. The Morgan fingerprint density at radius 3 is 2.41 bits per heavy atom. The normalized spacial score (nSPS) is 14.7. The molecular formula is C30H30FN5O3. The number of carbonyl (C=O) groups excluding carboxylic acids is 2. The van der Waals surface area contributed by atoms with Gasteiger partial charge in [-0.3, -0.25) is 14.5 Å². The summed E-state index contributed by atoms with van der Waals surface area (Å²) in [5.74, 6) is 0.112. The van der Waals surface area contributed by atoms with Crippen LogP contribution in [0.2, 0.25) is 0 Å². The molecule has 1 saturated heterocycles. The first-order valence-corrected chi connectivity index (χ1v) is 13.0. The number of rotatable bonds is 8. The molecule has 2 heterocycles. The molecule has 39 heavy (non-hydrogen) atoms. The second kappa shape index (κ2) is 12.0. The van der Waals surface area contributed by atoms with Gasteiger partial charge in [0.15, 0.2) is 0 Å². The van der Waals surface area contributed by atoms with E-state index in [-0.39, 0.29) is 24.1 Å². The molecule has 0 aliphatic carbocycles. The van der Waals surface area contributed by atoms with Crippen LogP contribution in [0.4, 0.5) is 4.39 Å². The number of nitrogens with one attached hydrogen (secondary N) is 1. The first-order valence-electron chi connectivity index (χ1n) is 13.0. The first-order chi connectivity index (χ1) is 19.0. The van der Waals surface area contributed by atoms with E-state index in [9.17, 15) is 14.0 Å². The van der Waals surface area contributed by atoms with E-state index < -0.39 is 6.04 Å². The molecule has 1 fully saturated rings. The summed E-state index contributed by atoms with van der Waals surface area (Å²) in [5, 5.41) is 6.86. The topological polar surface area (TPSA) is 91.6 Å². The van der Waals surface area contributed by atoms with Crippen molar-refractivity contribution in [1.82, 2.24) is 25.3 Å². The highest BCUT2D eigenvalue weighted by molar-refractivity contribution is 5.87. The average molecular weight is 528 g/mol. The van der Waals surface area contributed by atoms with Crippen molar-refractivity contribution in [3.05, 3.63) is 95.8 Å². The Hall–Kier alpha value is -4.37. The summed E-state index contributed by atoms with van der Waals surface area (Å²) in [6, 6.07) is 23.2. The molecule has 0 spiro atoms. The predicted molar refractivity (Wildman–Crippen MR) is 145 cm³/mol. The molecule has 0 unspecified atom stereocenters. The van der Waals surface area contributed by atoms with Crippen molar-refractivity contribution in [3.8, 4) is 22.8 Å². The van der Waals surface area contributed by atoms with E-state index >= 15 is 0 Å². The van der Waals surface area contributed by atoms with E-state index in [1.807, 2.05) is 42.5 Å². The van der Waals surface area contributed by atoms with Gasteiger partial charge in [-0.05, 0) is 35.4 Å². The summed E-state index contributed by atoms with van der Waals surface area (Å²) in [6.45, 7) is 4.49. The summed E-state index contributed by atoms with van der Waals surface area (Å²) >= 11 is 0. The lowest BCUT2D eigenvalue weighted by Crippen LogP contribution is -2.55. The van der Waals surface area contributed by atoms with Gasteiger partial charge >= 0.3 is 0 Å². The third-order valence-electron chi connectivity index (χ3n) is 6.78. The van der Waals surface area contributed by atoms with E-state index in [0.717, 1.165) is 16.7 Å². The van der Waals surface area contributed by atoms with Gasteiger partial charge in [-0.25, -0.2) is 4.39 Å². The Morgan fingerprint density at radius 1 is 0.949 bits per heavy atom. The van der Waals surface area contributed by atoms with Crippen LogP contribution in [-0.4, -0.2) is 64.0 Å². The zero-order valence-electron chi connectivity index (χ0n) is 21.7. The molecule has 1 aliphatic rings. The summed E-state index contributed by atoms with van der Waals surface area (Å²) < 4.78 is 19.7. The minimum atomic E-state index is -0.807. The summed E-state index contributed by atoms with van der Waals surface area (Å²) in [5.41, 5.74) is 3.25. The Bertz CT molecular complexity index is 1430. The van der Waals surface area contributed by atoms with Gasteiger partial charge in [0.25, 0.3) is 5.89 Å². The SMILES string of the molecule is CC(=O)N[C@H](Cc1ccccc1F)C(=O)N1CCN(Cc2cccc(-c3noc(-c4ccccc4)n3)c2)CC1. The highest BCUT2D eigenvalue weighted by atomic mass is 19.1. The van der Waals surface area contributed by atoms with Crippen LogP contribution in [0, 0.1) is 5.82 Å². The Labute approximate surface area is 226 Å². The molecule has 4 aromatic rings. The van der Waals surface area contributed by atoms with E-state index in [4.69, 9.17) is 4.52 Å². The molecule has 0 radical (unpaired) electrons. The van der Waals surface area contributed by atoms with Crippen LogP contribution >= 0.6 is 0 Å². The molecule has 3 aromatic carbocycles. The van der Waals surface area contributed by atoms with Crippen molar-refractivity contribution in [3.63, 3.8) is 0 Å². The van der Waals surface area contributed by atoms with Crippen molar-refractivity contribution >= 4 is 11.8 Å². The zero-order valence-corrected chi connectivity index (χ0v) is 21.7. The van der Waals surface area contributed by atoms with Crippen LogP contribution in [0.15, 0.2) is 83.4 Å². The van der Waals surface area contributed by atoms with Gasteiger partial charge in [-0.2, -0.15) is 4.98 Å². The standard InChI is InChI=1S/C30H30FN5O3/c1-21(37)32-27(19-24-11-5-6-13-26(24)31)30(38)36-16-14-35(15-17-36)20-22-8-7-12-25(18-22)28-33-29(39-34-28)23-9-3-2-4-10-23/h2-13,18,27H,14-17,19-20H2,1H3,(H,32,37)/t27-/m1/s1. The first kappa shape index (κ1) is 26.2.